The molecule has 1 atom stereocenters. The number of ether oxygens (including phenoxy) is 1. The molecule has 0 spiro atoms. The molecule has 84 valence electrons. The Morgan fingerprint density at radius 3 is 2.79 bits per heavy atom. The summed E-state index contributed by atoms with van der Waals surface area (Å²) in [6.07, 6.45) is 2.47. The highest BCUT2D eigenvalue weighted by atomic mass is 16.5. The molecule has 0 aliphatic carbocycles. The van der Waals surface area contributed by atoms with E-state index in [2.05, 4.69) is 18.7 Å². The van der Waals surface area contributed by atoms with Gasteiger partial charge >= 0.3 is 0 Å². The van der Waals surface area contributed by atoms with E-state index >= 15 is 0 Å². The van der Waals surface area contributed by atoms with Crippen LogP contribution in [0.25, 0.3) is 0 Å². The van der Waals surface area contributed by atoms with Crippen molar-refractivity contribution < 1.29 is 4.74 Å². The quantitative estimate of drug-likeness (QED) is 0.722. The summed E-state index contributed by atoms with van der Waals surface area (Å²) in [5.74, 6) is 0.712. The van der Waals surface area contributed by atoms with Crippen molar-refractivity contribution in [1.29, 1.82) is 0 Å². The van der Waals surface area contributed by atoms with Crippen molar-refractivity contribution in [2.75, 3.05) is 32.8 Å². The molecular formula is C11H24N2O. The zero-order valence-corrected chi connectivity index (χ0v) is 9.54. The van der Waals surface area contributed by atoms with Crippen LogP contribution in [0, 0.1) is 5.92 Å². The Morgan fingerprint density at radius 2 is 2.29 bits per heavy atom. The van der Waals surface area contributed by atoms with Crippen LogP contribution in [0.4, 0.5) is 0 Å². The van der Waals surface area contributed by atoms with Crippen LogP contribution >= 0.6 is 0 Å². The summed E-state index contributed by atoms with van der Waals surface area (Å²) < 4.78 is 5.51. The van der Waals surface area contributed by atoms with E-state index in [0.717, 1.165) is 32.8 Å². The van der Waals surface area contributed by atoms with Gasteiger partial charge in [0.1, 0.15) is 0 Å². The predicted molar refractivity (Wildman–Crippen MR) is 59.3 cm³/mol. The van der Waals surface area contributed by atoms with Crippen LogP contribution in [0.3, 0.4) is 0 Å². The highest BCUT2D eigenvalue weighted by Crippen LogP contribution is 2.14. The molecule has 0 saturated carbocycles. The lowest BCUT2D eigenvalue weighted by atomic mass is 10.1. The van der Waals surface area contributed by atoms with E-state index in [1.54, 1.807) is 0 Å². The van der Waals surface area contributed by atoms with Crippen LogP contribution < -0.4 is 5.73 Å². The highest BCUT2D eigenvalue weighted by molar-refractivity contribution is 4.75. The molecule has 1 aliphatic heterocycles. The van der Waals surface area contributed by atoms with Crippen molar-refractivity contribution in [2.24, 2.45) is 11.7 Å². The fourth-order valence-corrected chi connectivity index (χ4v) is 2.07. The summed E-state index contributed by atoms with van der Waals surface area (Å²) in [6.45, 7) is 9.25. The minimum Gasteiger partial charge on any atom is -0.380 e. The summed E-state index contributed by atoms with van der Waals surface area (Å²) >= 11 is 0. The third-order valence-electron chi connectivity index (χ3n) is 2.67. The van der Waals surface area contributed by atoms with Gasteiger partial charge in [-0.1, -0.05) is 13.8 Å². The molecule has 3 heteroatoms. The molecule has 1 rings (SSSR count). The fourth-order valence-electron chi connectivity index (χ4n) is 2.07. The zero-order chi connectivity index (χ0) is 10.4. The minimum atomic E-state index is 0.606. The monoisotopic (exact) mass is 200 g/mol. The largest absolute Gasteiger partial charge is 0.380 e. The molecule has 2 N–H and O–H groups in total. The molecule has 3 nitrogen and oxygen atoms in total. The van der Waals surface area contributed by atoms with Crippen LogP contribution in [0.5, 0.6) is 0 Å². The number of hydrogen-bond donors (Lipinski definition) is 1. The number of nitrogens with zero attached hydrogens (tertiary/aromatic N) is 1. The second-order valence-corrected chi connectivity index (χ2v) is 4.55. The first-order valence-corrected chi connectivity index (χ1v) is 5.76. The minimum absolute atomic E-state index is 0.606. The molecule has 0 amide bonds. The van der Waals surface area contributed by atoms with Crippen LogP contribution in [0.1, 0.15) is 26.7 Å². The van der Waals surface area contributed by atoms with Crippen molar-refractivity contribution in [3.63, 3.8) is 0 Å². The molecule has 0 aromatic rings. The van der Waals surface area contributed by atoms with Gasteiger partial charge in [-0.2, -0.15) is 0 Å². The van der Waals surface area contributed by atoms with Crippen LogP contribution in [-0.2, 0) is 4.74 Å². The summed E-state index contributed by atoms with van der Waals surface area (Å²) in [5, 5.41) is 0. The van der Waals surface area contributed by atoms with E-state index < -0.39 is 0 Å². The van der Waals surface area contributed by atoms with Crippen LogP contribution in [-0.4, -0.2) is 43.8 Å². The third kappa shape index (κ3) is 3.95. The van der Waals surface area contributed by atoms with Gasteiger partial charge in [0.25, 0.3) is 0 Å². The van der Waals surface area contributed by atoms with Crippen LogP contribution in [0.2, 0.25) is 0 Å². The first-order chi connectivity index (χ1) is 6.74. The lowest BCUT2D eigenvalue weighted by molar-refractivity contribution is 0.0149. The summed E-state index contributed by atoms with van der Waals surface area (Å²) in [4.78, 5) is 2.49. The molecule has 0 aromatic heterocycles. The molecule has 14 heavy (non-hydrogen) atoms. The molecular weight excluding hydrogens is 176 g/mol. The van der Waals surface area contributed by atoms with Gasteiger partial charge < -0.3 is 10.5 Å². The maximum absolute atomic E-state index is 5.63. The topological polar surface area (TPSA) is 38.5 Å². The zero-order valence-electron chi connectivity index (χ0n) is 9.54. The molecule has 1 fully saturated rings. The molecule has 1 aliphatic rings. The van der Waals surface area contributed by atoms with Gasteiger partial charge in [0.2, 0.25) is 0 Å². The average Bonchev–Trinajstić information content (AvgIpc) is 2.18. The summed E-state index contributed by atoms with van der Waals surface area (Å²) in [6, 6.07) is 0.606. The van der Waals surface area contributed by atoms with E-state index in [4.69, 9.17) is 10.5 Å². The van der Waals surface area contributed by atoms with Gasteiger partial charge in [-0.25, -0.2) is 0 Å². The number of rotatable bonds is 5. The molecule has 1 heterocycles. The van der Waals surface area contributed by atoms with Crippen molar-refractivity contribution in [2.45, 2.75) is 32.7 Å². The van der Waals surface area contributed by atoms with Crippen LogP contribution in [0.15, 0.2) is 0 Å². The van der Waals surface area contributed by atoms with Gasteiger partial charge in [0.15, 0.2) is 0 Å². The second-order valence-electron chi connectivity index (χ2n) is 4.55. The lowest BCUT2D eigenvalue weighted by Gasteiger charge is -2.34. The number of hydrogen-bond acceptors (Lipinski definition) is 3. The molecule has 1 saturated heterocycles. The first-order valence-electron chi connectivity index (χ1n) is 5.76. The third-order valence-corrected chi connectivity index (χ3v) is 2.67. The van der Waals surface area contributed by atoms with E-state index in [-0.39, 0.29) is 0 Å². The lowest BCUT2D eigenvalue weighted by Crippen LogP contribution is -2.45. The Hall–Kier alpha value is -0.120. The van der Waals surface area contributed by atoms with Gasteiger partial charge in [-0.3, -0.25) is 4.90 Å². The van der Waals surface area contributed by atoms with Gasteiger partial charge in [0, 0.05) is 32.3 Å². The Morgan fingerprint density at radius 1 is 1.50 bits per heavy atom. The van der Waals surface area contributed by atoms with E-state index in [0.29, 0.717) is 12.0 Å². The SMILES string of the molecule is CC(C)CN(CCN)C1CCCOC1. The Kier molecular flexibility index (Phi) is 5.45. The Bertz CT molecular complexity index is 144. The smallest absolute Gasteiger partial charge is 0.0621 e. The maximum Gasteiger partial charge on any atom is 0.0621 e. The normalized spacial score (nSPS) is 23.4. The average molecular weight is 200 g/mol. The standard InChI is InChI=1S/C11H24N2O/c1-10(2)8-13(6-5-12)11-4-3-7-14-9-11/h10-11H,3-9,12H2,1-2H3. The van der Waals surface area contributed by atoms with Crippen molar-refractivity contribution >= 4 is 0 Å². The van der Waals surface area contributed by atoms with Crippen molar-refractivity contribution in [3.05, 3.63) is 0 Å². The fraction of sp³-hybridized carbons (Fsp3) is 1.00. The summed E-state index contributed by atoms with van der Waals surface area (Å²) in [7, 11) is 0. The second kappa shape index (κ2) is 6.38. The van der Waals surface area contributed by atoms with E-state index in [1.807, 2.05) is 0 Å². The molecule has 0 aromatic carbocycles. The van der Waals surface area contributed by atoms with Gasteiger partial charge in [-0.15, -0.1) is 0 Å². The number of nitrogens with two attached hydrogens (primary N) is 1. The Labute approximate surface area is 87.6 Å². The van der Waals surface area contributed by atoms with E-state index in [1.165, 1.54) is 12.8 Å². The van der Waals surface area contributed by atoms with Gasteiger partial charge in [-0.05, 0) is 18.8 Å². The Balaban J connectivity index is 2.38. The first kappa shape index (κ1) is 12.0. The summed E-state index contributed by atoms with van der Waals surface area (Å²) in [5.41, 5.74) is 5.63. The predicted octanol–water partition coefficient (Wildman–Crippen LogP) is 1.08. The van der Waals surface area contributed by atoms with Crippen molar-refractivity contribution in [1.82, 2.24) is 4.90 Å². The van der Waals surface area contributed by atoms with Crippen molar-refractivity contribution in [3.8, 4) is 0 Å². The maximum atomic E-state index is 5.63. The molecule has 1 unspecified atom stereocenters. The highest BCUT2D eigenvalue weighted by Gasteiger charge is 2.21. The molecule has 0 radical (unpaired) electrons. The van der Waals surface area contributed by atoms with Gasteiger partial charge in [0.05, 0.1) is 6.61 Å². The molecule has 0 bridgehead atoms. The van der Waals surface area contributed by atoms with E-state index in [9.17, 15) is 0 Å².